The van der Waals surface area contributed by atoms with Crippen LogP contribution in [-0.4, -0.2) is 9.38 Å². The lowest BCUT2D eigenvalue weighted by atomic mass is 9.90. The monoisotopic (exact) mass is 356 g/mol. The third-order valence-corrected chi connectivity index (χ3v) is 5.33. The number of pyridine rings is 1. The van der Waals surface area contributed by atoms with Crippen LogP contribution >= 0.6 is 0 Å². The van der Waals surface area contributed by atoms with E-state index < -0.39 is 0 Å². The molecule has 27 heavy (non-hydrogen) atoms. The zero-order chi connectivity index (χ0) is 18.8. The van der Waals surface area contributed by atoms with E-state index in [2.05, 4.69) is 37.8 Å². The molecule has 0 fully saturated rings. The smallest absolute Gasteiger partial charge is 0.261 e. The summed E-state index contributed by atoms with van der Waals surface area (Å²) in [5.41, 5.74) is 5.75. The van der Waals surface area contributed by atoms with Crippen molar-refractivity contribution in [2.45, 2.75) is 46.0 Å². The molecule has 0 radical (unpaired) electrons. The third kappa shape index (κ3) is 3.80. The van der Waals surface area contributed by atoms with Gasteiger partial charge < -0.3 is 0 Å². The number of aryl methyl sites for hydroxylation is 2. The SMILES string of the molecule is Cc1ccc(C#Cc2ccn3c(=O)c4c(nc3c2)CCCCC(C)C4)cc1. The van der Waals surface area contributed by atoms with Crippen LogP contribution in [0.3, 0.4) is 0 Å². The van der Waals surface area contributed by atoms with E-state index in [-0.39, 0.29) is 5.56 Å². The minimum atomic E-state index is 0.0850. The molecule has 3 heteroatoms. The average molecular weight is 356 g/mol. The Balaban J connectivity index is 1.74. The molecular formula is C24H24N2O. The average Bonchev–Trinajstić information content (AvgIpc) is 2.65. The lowest BCUT2D eigenvalue weighted by Gasteiger charge is -2.18. The number of rotatable bonds is 0. The maximum Gasteiger partial charge on any atom is 0.261 e. The first-order valence-corrected chi connectivity index (χ1v) is 9.73. The molecule has 1 unspecified atom stereocenters. The Hall–Kier alpha value is -2.86. The summed E-state index contributed by atoms with van der Waals surface area (Å²) in [5, 5.41) is 0. The molecule has 0 bridgehead atoms. The normalized spacial score (nSPS) is 16.7. The molecule has 1 aliphatic rings. The van der Waals surface area contributed by atoms with Gasteiger partial charge in [-0.15, -0.1) is 0 Å². The highest BCUT2D eigenvalue weighted by molar-refractivity contribution is 5.51. The Kier molecular flexibility index (Phi) is 4.81. The molecule has 4 rings (SSSR count). The van der Waals surface area contributed by atoms with Crippen molar-refractivity contribution in [1.29, 1.82) is 0 Å². The van der Waals surface area contributed by atoms with E-state index in [1.807, 2.05) is 30.5 Å². The van der Waals surface area contributed by atoms with Gasteiger partial charge in [-0.1, -0.05) is 49.3 Å². The van der Waals surface area contributed by atoms with Gasteiger partial charge in [0.25, 0.3) is 5.56 Å². The molecule has 0 N–H and O–H groups in total. The van der Waals surface area contributed by atoms with Crippen molar-refractivity contribution in [3.63, 3.8) is 0 Å². The van der Waals surface area contributed by atoms with Crippen molar-refractivity contribution in [1.82, 2.24) is 9.38 Å². The summed E-state index contributed by atoms with van der Waals surface area (Å²) in [5.74, 6) is 6.92. The molecule has 0 saturated heterocycles. The van der Waals surface area contributed by atoms with Crippen LogP contribution in [0.2, 0.25) is 0 Å². The van der Waals surface area contributed by atoms with Crippen molar-refractivity contribution in [3.05, 3.63) is 80.9 Å². The van der Waals surface area contributed by atoms with Crippen LogP contribution in [0.1, 0.15) is 54.1 Å². The molecule has 1 atom stereocenters. The molecule has 0 saturated carbocycles. The van der Waals surface area contributed by atoms with E-state index in [0.717, 1.165) is 41.6 Å². The molecular weight excluding hydrogens is 332 g/mol. The molecule has 0 amide bonds. The summed E-state index contributed by atoms with van der Waals surface area (Å²) in [6.45, 7) is 4.29. The summed E-state index contributed by atoms with van der Waals surface area (Å²) >= 11 is 0. The molecule has 1 aromatic carbocycles. The minimum Gasteiger partial charge on any atom is -0.269 e. The zero-order valence-electron chi connectivity index (χ0n) is 16.0. The van der Waals surface area contributed by atoms with Crippen molar-refractivity contribution in [2.24, 2.45) is 5.92 Å². The fourth-order valence-corrected chi connectivity index (χ4v) is 3.73. The van der Waals surface area contributed by atoms with Crippen molar-refractivity contribution < 1.29 is 0 Å². The topological polar surface area (TPSA) is 34.4 Å². The third-order valence-electron chi connectivity index (χ3n) is 5.33. The number of hydrogen-bond acceptors (Lipinski definition) is 2. The summed E-state index contributed by atoms with van der Waals surface area (Å²) in [7, 11) is 0. The van der Waals surface area contributed by atoms with E-state index in [4.69, 9.17) is 4.98 Å². The van der Waals surface area contributed by atoms with Gasteiger partial charge in [-0.05, 0) is 56.4 Å². The van der Waals surface area contributed by atoms with Crippen LogP contribution in [0.4, 0.5) is 0 Å². The summed E-state index contributed by atoms with van der Waals surface area (Å²) in [6.07, 6.45) is 7.05. The van der Waals surface area contributed by atoms with Crippen molar-refractivity contribution in [3.8, 4) is 11.8 Å². The quantitative estimate of drug-likeness (QED) is 0.563. The predicted octanol–water partition coefficient (Wildman–Crippen LogP) is 4.31. The van der Waals surface area contributed by atoms with Crippen LogP contribution in [-0.2, 0) is 12.8 Å². The number of benzene rings is 1. The van der Waals surface area contributed by atoms with E-state index >= 15 is 0 Å². The van der Waals surface area contributed by atoms with E-state index in [9.17, 15) is 4.79 Å². The lowest BCUT2D eigenvalue weighted by Crippen LogP contribution is -2.25. The molecule has 1 aliphatic carbocycles. The molecule has 3 aromatic rings. The van der Waals surface area contributed by atoms with Gasteiger partial charge in [0.15, 0.2) is 0 Å². The fourth-order valence-electron chi connectivity index (χ4n) is 3.73. The Labute approximate surface area is 160 Å². The highest BCUT2D eigenvalue weighted by atomic mass is 16.1. The molecule has 0 spiro atoms. The second-order valence-corrected chi connectivity index (χ2v) is 7.66. The van der Waals surface area contributed by atoms with E-state index in [0.29, 0.717) is 11.6 Å². The van der Waals surface area contributed by atoms with Gasteiger partial charge in [0.2, 0.25) is 0 Å². The first kappa shape index (κ1) is 17.5. The van der Waals surface area contributed by atoms with Gasteiger partial charge >= 0.3 is 0 Å². The maximum absolute atomic E-state index is 13.0. The second-order valence-electron chi connectivity index (χ2n) is 7.66. The summed E-state index contributed by atoms with van der Waals surface area (Å²) in [4.78, 5) is 17.8. The molecule has 2 aromatic heterocycles. The number of aromatic nitrogens is 2. The van der Waals surface area contributed by atoms with Gasteiger partial charge in [0, 0.05) is 22.9 Å². The standard InChI is InChI=1S/C24H24N2O/c1-17-7-9-19(10-8-17)11-12-20-13-14-26-23(16-20)25-22-6-4-3-5-18(2)15-21(22)24(26)27/h7-10,13-14,16,18H,3-6,15H2,1-2H3. The Morgan fingerprint density at radius 1 is 1.07 bits per heavy atom. The molecule has 3 nitrogen and oxygen atoms in total. The Morgan fingerprint density at radius 2 is 1.85 bits per heavy atom. The number of fused-ring (bicyclic) bond motifs is 2. The van der Waals surface area contributed by atoms with E-state index in [1.165, 1.54) is 18.4 Å². The van der Waals surface area contributed by atoms with Crippen molar-refractivity contribution in [2.75, 3.05) is 0 Å². The number of nitrogens with zero attached hydrogens (tertiary/aromatic N) is 2. The second kappa shape index (κ2) is 7.40. The zero-order valence-corrected chi connectivity index (χ0v) is 16.0. The highest BCUT2D eigenvalue weighted by Crippen LogP contribution is 2.21. The Morgan fingerprint density at radius 3 is 2.67 bits per heavy atom. The van der Waals surface area contributed by atoms with Crippen LogP contribution in [0, 0.1) is 24.7 Å². The van der Waals surface area contributed by atoms with Crippen LogP contribution in [0.15, 0.2) is 47.4 Å². The Bertz CT molecular complexity index is 1100. The van der Waals surface area contributed by atoms with E-state index in [1.54, 1.807) is 4.40 Å². The largest absolute Gasteiger partial charge is 0.269 e. The summed E-state index contributed by atoms with van der Waals surface area (Å²) in [6, 6.07) is 12.0. The van der Waals surface area contributed by atoms with Crippen LogP contribution in [0.25, 0.3) is 5.65 Å². The first-order valence-electron chi connectivity index (χ1n) is 9.73. The molecule has 0 aliphatic heterocycles. The van der Waals surface area contributed by atoms with Gasteiger partial charge in [-0.3, -0.25) is 9.20 Å². The van der Waals surface area contributed by atoms with Gasteiger partial charge in [0.1, 0.15) is 5.65 Å². The maximum atomic E-state index is 13.0. The minimum absolute atomic E-state index is 0.0850. The number of hydrogen-bond donors (Lipinski definition) is 0. The molecule has 136 valence electrons. The van der Waals surface area contributed by atoms with Gasteiger partial charge in [-0.2, -0.15) is 0 Å². The molecule has 2 heterocycles. The van der Waals surface area contributed by atoms with Crippen LogP contribution < -0.4 is 5.56 Å². The van der Waals surface area contributed by atoms with Gasteiger partial charge in [-0.25, -0.2) is 4.98 Å². The van der Waals surface area contributed by atoms with Crippen LogP contribution in [0.5, 0.6) is 0 Å². The first-order chi connectivity index (χ1) is 13.1. The van der Waals surface area contributed by atoms with Gasteiger partial charge in [0.05, 0.1) is 5.69 Å². The summed E-state index contributed by atoms with van der Waals surface area (Å²) < 4.78 is 1.67. The van der Waals surface area contributed by atoms with Crippen molar-refractivity contribution >= 4 is 5.65 Å². The lowest BCUT2D eigenvalue weighted by molar-refractivity contribution is 0.474. The fraction of sp³-hybridized carbons (Fsp3) is 0.333. The highest BCUT2D eigenvalue weighted by Gasteiger charge is 2.18. The predicted molar refractivity (Wildman–Crippen MR) is 109 cm³/mol.